The minimum atomic E-state index is 0.155. The number of aryl methyl sites for hydroxylation is 2. The normalized spacial score (nSPS) is 18.4. The van der Waals surface area contributed by atoms with Gasteiger partial charge in [0, 0.05) is 19.1 Å². The Hall–Kier alpha value is -1.55. The van der Waals surface area contributed by atoms with Crippen molar-refractivity contribution < 1.29 is 9.53 Å². The Morgan fingerprint density at radius 3 is 2.95 bits per heavy atom. The lowest BCUT2D eigenvalue weighted by Crippen LogP contribution is -2.40. The molecule has 0 spiro atoms. The molecule has 4 nitrogen and oxygen atoms in total. The molecule has 0 aliphatic carbocycles. The Morgan fingerprint density at radius 1 is 1.45 bits per heavy atom. The summed E-state index contributed by atoms with van der Waals surface area (Å²) >= 11 is 0. The zero-order valence-corrected chi connectivity index (χ0v) is 12.4. The van der Waals surface area contributed by atoms with E-state index in [1.807, 2.05) is 24.0 Å². The van der Waals surface area contributed by atoms with Crippen molar-refractivity contribution >= 4 is 5.91 Å². The highest BCUT2D eigenvalue weighted by Gasteiger charge is 2.26. The molecule has 4 heteroatoms. The molecule has 1 atom stereocenters. The van der Waals surface area contributed by atoms with Gasteiger partial charge in [-0.3, -0.25) is 4.79 Å². The maximum Gasteiger partial charge on any atom is 0.226 e. The zero-order valence-electron chi connectivity index (χ0n) is 12.4. The summed E-state index contributed by atoms with van der Waals surface area (Å²) in [6.45, 7) is 5.90. The average Bonchev–Trinajstić information content (AvgIpc) is 2.89. The third-order valence-electron chi connectivity index (χ3n) is 3.87. The van der Waals surface area contributed by atoms with Crippen LogP contribution in [0.5, 0.6) is 5.75 Å². The van der Waals surface area contributed by atoms with Crippen molar-refractivity contribution in [1.29, 1.82) is 0 Å². The molecular weight excluding hydrogens is 252 g/mol. The molecule has 1 aromatic rings. The molecule has 1 aromatic carbocycles. The van der Waals surface area contributed by atoms with Gasteiger partial charge in [0.2, 0.25) is 5.91 Å². The topological polar surface area (TPSA) is 55.6 Å². The molecule has 1 aliphatic heterocycles. The summed E-state index contributed by atoms with van der Waals surface area (Å²) in [5.74, 6) is 1.02. The largest absolute Gasteiger partial charge is 0.493 e. The van der Waals surface area contributed by atoms with Crippen LogP contribution in [0, 0.1) is 13.8 Å². The Morgan fingerprint density at radius 2 is 2.25 bits per heavy atom. The Labute approximate surface area is 120 Å². The first kappa shape index (κ1) is 14.9. The molecule has 0 bridgehead atoms. The highest BCUT2D eigenvalue weighted by atomic mass is 16.5. The van der Waals surface area contributed by atoms with E-state index in [0.29, 0.717) is 19.6 Å². The van der Waals surface area contributed by atoms with Crippen LogP contribution in [0.1, 0.15) is 30.4 Å². The summed E-state index contributed by atoms with van der Waals surface area (Å²) < 4.78 is 5.71. The van der Waals surface area contributed by atoms with Crippen LogP contribution < -0.4 is 10.5 Å². The van der Waals surface area contributed by atoms with E-state index < -0.39 is 0 Å². The number of hydrogen-bond donors (Lipinski definition) is 1. The number of carbonyl (C=O) groups is 1. The molecule has 1 aliphatic rings. The standard InChI is InChI=1S/C16H24N2O2/c1-12-5-6-15(13(2)10-12)20-9-7-16(19)18-8-3-4-14(18)11-17/h5-6,10,14H,3-4,7-9,11,17H2,1-2H3. The summed E-state index contributed by atoms with van der Waals surface area (Å²) in [5, 5.41) is 0. The van der Waals surface area contributed by atoms with Gasteiger partial charge in [-0.1, -0.05) is 17.7 Å². The summed E-state index contributed by atoms with van der Waals surface area (Å²) in [5.41, 5.74) is 8.02. The number of nitrogens with zero attached hydrogens (tertiary/aromatic N) is 1. The van der Waals surface area contributed by atoms with Gasteiger partial charge in [-0.15, -0.1) is 0 Å². The quantitative estimate of drug-likeness (QED) is 0.895. The van der Waals surface area contributed by atoms with E-state index in [1.165, 1.54) is 5.56 Å². The van der Waals surface area contributed by atoms with E-state index in [0.717, 1.165) is 30.7 Å². The SMILES string of the molecule is Cc1ccc(OCCC(=O)N2CCCC2CN)c(C)c1. The van der Waals surface area contributed by atoms with E-state index >= 15 is 0 Å². The smallest absolute Gasteiger partial charge is 0.226 e. The van der Waals surface area contributed by atoms with Gasteiger partial charge < -0.3 is 15.4 Å². The number of nitrogens with two attached hydrogens (primary N) is 1. The van der Waals surface area contributed by atoms with E-state index in [9.17, 15) is 4.79 Å². The monoisotopic (exact) mass is 276 g/mol. The molecule has 0 aromatic heterocycles. The van der Waals surface area contributed by atoms with Gasteiger partial charge in [0.25, 0.3) is 0 Å². The minimum Gasteiger partial charge on any atom is -0.493 e. The fourth-order valence-electron chi connectivity index (χ4n) is 2.76. The van der Waals surface area contributed by atoms with Gasteiger partial charge in [-0.25, -0.2) is 0 Å². The minimum absolute atomic E-state index is 0.155. The molecule has 1 fully saturated rings. The van der Waals surface area contributed by atoms with E-state index in [-0.39, 0.29) is 11.9 Å². The maximum atomic E-state index is 12.1. The van der Waals surface area contributed by atoms with Crippen molar-refractivity contribution in [1.82, 2.24) is 4.90 Å². The van der Waals surface area contributed by atoms with E-state index in [4.69, 9.17) is 10.5 Å². The molecule has 1 unspecified atom stereocenters. The molecule has 2 rings (SSSR count). The second-order valence-corrected chi connectivity index (χ2v) is 5.49. The number of ether oxygens (including phenoxy) is 1. The van der Waals surface area contributed by atoms with Gasteiger partial charge in [0.15, 0.2) is 0 Å². The number of benzene rings is 1. The molecule has 1 amide bonds. The predicted molar refractivity (Wildman–Crippen MR) is 79.8 cm³/mol. The van der Waals surface area contributed by atoms with Gasteiger partial charge in [-0.2, -0.15) is 0 Å². The van der Waals surface area contributed by atoms with Crippen molar-refractivity contribution in [3.05, 3.63) is 29.3 Å². The fraction of sp³-hybridized carbons (Fsp3) is 0.562. The number of hydrogen-bond acceptors (Lipinski definition) is 3. The highest BCUT2D eigenvalue weighted by molar-refractivity contribution is 5.77. The molecule has 0 radical (unpaired) electrons. The maximum absolute atomic E-state index is 12.1. The van der Waals surface area contributed by atoms with Crippen LogP contribution in [0.2, 0.25) is 0 Å². The van der Waals surface area contributed by atoms with Crippen LogP contribution in [0.3, 0.4) is 0 Å². The van der Waals surface area contributed by atoms with Crippen LogP contribution in [0.4, 0.5) is 0 Å². The van der Waals surface area contributed by atoms with Crippen LogP contribution in [-0.4, -0.2) is 36.5 Å². The van der Waals surface area contributed by atoms with Gasteiger partial charge in [-0.05, 0) is 38.3 Å². The van der Waals surface area contributed by atoms with Crippen LogP contribution >= 0.6 is 0 Å². The Kier molecular flexibility index (Phi) is 5.01. The lowest BCUT2D eigenvalue weighted by molar-refractivity contribution is -0.132. The van der Waals surface area contributed by atoms with E-state index in [1.54, 1.807) is 0 Å². The van der Waals surface area contributed by atoms with Crippen molar-refractivity contribution in [2.75, 3.05) is 19.7 Å². The summed E-state index contributed by atoms with van der Waals surface area (Å²) in [6.07, 6.45) is 2.51. The average molecular weight is 276 g/mol. The number of carbonyl (C=O) groups excluding carboxylic acids is 1. The van der Waals surface area contributed by atoms with Crippen LogP contribution in [-0.2, 0) is 4.79 Å². The first-order chi connectivity index (χ1) is 9.61. The van der Waals surface area contributed by atoms with Crippen molar-refractivity contribution in [3.8, 4) is 5.75 Å². The van der Waals surface area contributed by atoms with Crippen LogP contribution in [0.15, 0.2) is 18.2 Å². The summed E-state index contributed by atoms with van der Waals surface area (Å²) in [4.78, 5) is 14.0. The van der Waals surface area contributed by atoms with Crippen molar-refractivity contribution in [2.45, 2.75) is 39.2 Å². The van der Waals surface area contributed by atoms with Crippen molar-refractivity contribution in [3.63, 3.8) is 0 Å². The summed E-state index contributed by atoms with van der Waals surface area (Å²) in [7, 11) is 0. The molecule has 110 valence electrons. The Balaban J connectivity index is 1.82. The zero-order chi connectivity index (χ0) is 14.5. The number of rotatable bonds is 5. The predicted octanol–water partition coefficient (Wildman–Crippen LogP) is 2.02. The first-order valence-electron chi connectivity index (χ1n) is 7.31. The second-order valence-electron chi connectivity index (χ2n) is 5.49. The van der Waals surface area contributed by atoms with Gasteiger partial charge >= 0.3 is 0 Å². The second kappa shape index (κ2) is 6.75. The molecule has 1 heterocycles. The van der Waals surface area contributed by atoms with Crippen molar-refractivity contribution in [2.24, 2.45) is 5.73 Å². The third kappa shape index (κ3) is 3.51. The van der Waals surface area contributed by atoms with Crippen LogP contribution in [0.25, 0.3) is 0 Å². The molecular formula is C16H24N2O2. The lowest BCUT2D eigenvalue weighted by Gasteiger charge is -2.23. The lowest BCUT2D eigenvalue weighted by atomic mass is 10.1. The number of likely N-dealkylation sites (tertiary alicyclic amines) is 1. The molecule has 20 heavy (non-hydrogen) atoms. The Bertz CT molecular complexity index is 474. The third-order valence-corrected chi connectivity index (χ3v) is 3.87. The molecule has 2 N–H and O–H groups in total. The van der Waals surface area contributed by atoms with Gasteiger partial charge in [0.1, 0.15) is 5.75 Å². The number of amides is 1. The summed E-state index contributed by atoms with van der Waals surface area (Å²) in [6, 6.07) is 6.30. The molecule has 1 saturated heterocycles. The molecule has 0 saturated carbocycles. The highest BCUT2D eigenvalue weighted by Crippen LogP contribution is 2.20. The van der Waals surface area contributed by atoms with Gasteiger partial charge in [0.05, 0.1) is 13.0 Å². The fourth-order valence-corrected chi connectivity index (χ4v) is 2.76. The van der Waals surface area contributed by atoms with E-state index in [2.05, 4.69) is 13.0 Å². The first-order valence-corrected chi connectivity index (χ1v) is 7.31.